The zero-order chi connectivity index (χ0) is 21.0. The Bertz CT molecular complexity index is 484. The maximum Gasteiger partial charge on any atom is 0.231 e. The highest BCUT2D eigenvalue weighted by Gasteiger charge is 2.17. The largest absolute Gasteiger partial charge is 0.369 e. The van der Waals surface area contributed by atoms with Crippen LogP contribution in [0.15, 0.2) is 0 Å². The number of carbonyl (C=O) groups excluding carboxylic acids is 5. The second kappa shape index (κ2) is 12.6. The van der Waals surface area contributed by atoms with Crippen molar-refractivity contribution in [2.24, 2.45) is 28.7 Å². The Kier molecular flexibility index (Phi) is 11.3. The second-order valence-corrected chi connectivity index (χ2v) is 6.03. The summed E-state index contributed by atoms with van der Waals surface area (Å²) in [5.41, 5.74) is 25.8. The van der Waals surface area contributed by atoms with Crippen LogP contribution in [0.2, 0.25) is 0 Å². The average Bonchev–Trinajstić information content (AvgIpc) is 2.46. The summed E-state index contributed by atoms with van der Waals surface area (Å²) in [5, 5.41) is 0. The number of rotatable bonds is 16. The summed E-state index contributed by atoms with van der Waals surface area (Å²) in [6.07, 6.45) is 0. The molecule has 0 aliphatic rings. The number of nitrogens with two attached hydrogens (primary N) is 5. The summed E-state index contributed by atoms with van der Waals surface area (Å²) in [6.45, 7) is 0.115. The van der Waals surface area contributed by atoms with Crippen LogP contribution >= 0.6 is 0 Å². The fraction of sp³-hybridized carbons (Fsp3) is 0.643. The van der Waals surface area contributed by atoms with Crippen LogP contribution in [0.25, 0.3) is 0 Å². The molecule has 0 aliphatic carbocycles. The number of amides is 5. The molecule has 154 valence electrons. The summed E-state index contributed by atoms with van der Waals surface area (Å²) in [6, 6.07) is 0. The van der Waals surface area contributed by atoms with Crippen molar-refractivity contribution in [3.05, 3.63) is 0 Å². The molecule has 0 heterocycles. The third kappa shape index (κ3) is 14.1. The van der Waals surface area contributed by atoms with Gasteiger partial charge in [0.15, 0.2) is 0 Å². The van der Waals surface area contributed by atoms with Crippen molar-refractivity contribution < 1.29 is 24.0 Å². The van der Waals surface area contributed by atoms with E-state index in [1.807, 2.05) is 0 Å². The van der Waals surface area contributed by atoms with Gasteiger partial charge in [-0.1, -0.05) is 0 Å². The van der Waals surface area contributed by atoms with Crippen LogP contribution < -0.4 is 28.7 Å². The normalized spacial score (nSPS) is 11.1. The van der Waals surface area contributed by atoms with Crippen LogP contribution in [0.5, 0.6) is 0 Å². The van der Waals surface area contributed by atoms with Gasteiger partial charge in [0.2, 0.25) is 29.5 Å². The monoisotopic (exact) mass is 388 g/mol. The first kappa shape index (κ1) is 24.2. The van der Waals surface area contributed by atoms with Gasteiger partial charge in [0.25, 0.3) is 0 Å². The molecule has 0 spiro atoms. The van der Waals surface area contributed by atoms with Gasteiger partial charge in [-0.3, -0.25) is 38.7 Å². The lowest BCUT2D eigenvalue weighted by Crippen LogP contribution is -2.48. The maximum atomic E-state index is 11.3. The lowest BCUT2D eigenvalue weighted by molar-refractivity contribution is -0.123. The van der Waals surface area contributed by atoms with Crippen LogP contribution in [0.3, 0.4) is 0 Å². The van der Waals surface area contributed by atoms with E-state index in [0.29, 0.717) is 0 Å². The molecule has 0 aliphatic heterocycles. The number of carbonyl (C=O) groups is 5. The third-order valence-corrected chi connectivity index (χ3v) is 3.36. The molecule has 0 aromatic heterocycles. The van der Waals surface area contributed by atoms with Crippen LogP contribution in [0.4, 0.5) is 0 Å². The van der Waals surface area contributed by atoms with Gasteiger partial charge in [-0.05, 0) is 0 Å². The number of hydrogen-bond donors (Lipinski definition) is 5. The Morgan fingerprint density at radius 1 is 0.407 bits per heavy atom. The second-order valence-electron chi connectivity index (χ2n) is 6.03. The molecule has 0 atom stereocenters. The van der Waals surface area contributed by atoms with Gasteiger partial charge in [0.05, 0.1) is 32.7 Å². The van der Waals surface area contributed by atoms with Crippen LogP contribution in [0, 0.1) is 0 Å². The Morgan fingerprint density at radius 3 is 0.815 bits per heavy atom. The number of nitrogens with zero attached hydrogens (tertiary/aromatic N) is 3. The lowest BCUT2D eigenvalue weighted by atomic mass is 10.3. The van der Waals surface area contributed by atoms with Crippen LogP contribution in [-0.4, -0.2) is 103 Å². The Morgan fingerprint density at radius 2 is 0.593 bits per heavy atom. The van der Waals surface area contributed by atoms with Crippen LogP contribution in [0.1, 0.15) is 0 Å². The zero-order valence-corrected chi connectivity index (χ0v) is 15.1. The highest BCUT2D eigenvalue weighted by molar-refractivity contribution is 5.79. The Hall–Kier alpha value is -2.77. The first-order valence-electron chi connectivity index (χ1n) is 8.08. The number of primary amides is 5. The molecule has 27 heavy (non-hydrogen) atoms. The molecule has 0 saturated carbocycles. The van der Waals surface area contributed by atoms with E-state index in [1.54, 1.807) is 4.90 Å². The van der Waals surface area contributed by atoms with E-state index >= 15 is 0 Å². The minimum absolute atomic E-state index is 0.109. The van der Waals surface area contributed by atoms with Gasteiger partial charge < -0.3 is 28.7 Å². The zero-order valence-electron chi connectivity index (χ0n) is 15.1. The van der Waals surface area contributed by atoms with Crippen molar-refractivity contribution in [2.45, 2.75) is 0 Å². The molecule has 0 unspecified atom stereocenters. The minimum Gasteiger partial charge on any atom is -0.369 e. The molecule has 13 nitrogen and oxygen atoms in total. The lowest BCUT2D eigenvalue weighted by Gasteiger charge is -2.28. The molecule has 13 heteroatoms. The SMILES string of the molecule is NC(=O)CN(CCN(CC(N)=O)CC(N)=O)CCN(CC(N)=O)CC(N)=O. The van der Waals surface area contributed by atoms with Gasteiger partial charge in [-0.2, -0.15) is 0 Å². The van der Waals surface area contributed by atoms with Gasteiger partial charge in [0, 0.05) is 26.2 Å². The Labute approximate surface area is 156 Å². The molecule has 0 bridgehead atoms. The van der Waals surface area contributed by atoms with Crippen molar-refractivity contribution in [2.75, 3.05) is 58.9 Å². The van der Waals surface area contributed by atoms with Gasteiger partial charge >= 0.3 is 0 Å². The quantitative estimate of drug-likeness (QED) is 0.171. The van der Waals surface area contributed by atoms with E-state index in [2.05, 4.69) is 0 Å². The smallest absolute Gasteiger partial charge is 0.231 e. The third-order valence-electron chi connectivity index (χ3n) is 3.36. The summed E-state index contributed by atoms with van der Waals surface area (Å²) >= 11 is 0. The highest BCUT2D eigenvalue weighted by Crippen LogP contribution is 1.96. The van der Waals surface area contributed by atoms with Crippen molar-refractivity contribution in [3.63, 3.8) is 0 Å². The first-order chi connectivity index (χ1) is 12.5. The van der Waals surface area contributed by atoms with E-state index in [0.717, 1.165) is 0 Å². The predicted octanol–water partition coefficient (Wildman–Crippen LogP) is -5.68. The summed E-state index contributed by atoms with van der Waals surface area (Å²) < 4.78 is 0. The molecular weight excluding hydrogens is 360 g/mol. The van der Waals surface area contributed by atoms with Gasteiger partial charge in [-0.25, -0.2) is 0 Å². The van der Waals surface area contributed by atoms with E-state index in [9.17, 15) is 24.0 Å². The molecule has 0 aromatic carbocycles. The van der Waals surface area contributed by atoms with E-state index in [4.69, 9.17) is 28.7 Å². The molecule has 0 saturated heterocycles. The number of hydrogen-bond acceptors (Lipinski definition) is 8. The van der Waals surface area contributed by atoms with E-state index < -0.39 is 29.5 Å². The predicted molar refractivity (Wildman–Crippen MR) is 95.3 cm³/mol. The first-order valence-corrected chi connectivity index (χ1v) is 8.08. The van der Waals surface area contributed by atoms with E-state index in [1.165, 1.54) is 9.80 Å². The van der Waals surface area contributed by atoms with Crippen molar-refractivity contribution in [1.82, 2.24) is 14.7 Å². The molecular formula is C14H28N8O5. The average molecular weight is 388 g/mol. The molecule has 0 aromatic rings. The van der Waals surface area contributed by atoms with E-state index in [-0.39, 0.29) is 58.9 Å². The van der Waals surface area contributed by atoms with Crippen molar-refractivity contribution >= 4 is 29.5 Å². The summed E-state index contributed by atoms with van der Waals surface area (Å²) in [4.78, 5) is 60.1. The highest BCUT2D eigenvalue weighted by atomic mass is 16.2. The minimum atomic E-state index is -0.633. The van der Waals surface area contributed by atoms with Crippen molar-refractivity contribution in [3.8, 4) is 0 Å². The topological polar surface area (TPSA) is 225 Å². The summed E-state index contributed by atoms with van der Waals surface area (Å²) in [7, 11) is 0. The maximum absolute atomic E-state index is 11.3. The Balaban J connectivity index is 4.85. The molecule has 0 rings (SSSR count). The standard InChI is InChI=1S/C14H28N8O5/c15-10(23)5-20(1-3-21(6-11(16)24)7-12(17)25)2-4-22(8-13(18)26)9-14(19)27/h1-9H2,(H2,15,23)(H2,16,24)(H2,17,25)(H2,18,26)(H2,19,27). The summed E-state index contributed by atoms with van der Waals surface area (Å²) in [5.74, 6) is -3.13. The molecule has 0 radical (unpaired) electrons. The van der Waals surface area contributed by atoms with Crippen molar-refractivity contribution in [1.29, 1.82) is 0 Å². The van der Waals surface area contributed by atoms with Gasteiger partial charge in [0.1, 0.15) is 0 Å². The van der Waals surface area contributed by atoms with Crippen LogP contribution in [-0.2, 0) is 24.0 Å². The molecule has 0 fully saturated rings. The molecule has 10 N–H and O–H groups in total. The van der Waals surface area contributed by atoms with Gasteiger partial charge in [-0.15, -0.1) is 0 Å². The fourth-order valence-electron chi connectivity index (χ4n) is 2.37. The molecule has 5 amide bonds. The fourth-order valence-corrected chi connectivity index (χ4v) is 2.37.